The predicted molar refractivity (Wildman–Crippen MR) is 105 cm³/mol. The molecule has 2 heterocycles. The van der Waals surface area contributed by atoms with Crippen molar-refractivity contribution < 1.29 is 19.2 Å². The fraction of sp³-hybridized carbons (Fsp3) is 0. The molecule has 3 aromatic rings. The number of carbonyl (C=O) groups is 4. The lowest BCUT2D eigenvalue weighted by Crippen LogP contribution is -2.42. The molecule has 0 aliphatic carbocycles. The first kappa shape index (κ1) is 19.3. The molecule has 0 aliphatic heterocycles. The van der Waals surface area contributed by atoms with E-state index in [1.807, 2.05) is 0 Å². The van der Waals surface area contributed by atoms with Gasteiger partial charge in [0.25, 0.3) is 23.6 Å². The number of carbonyl (C=O) groups excluding carboxylic acids is 4. The zero-order chi connectivity index (χ0) is 19.9. The fourth-order valence-corrected chi connectivity index (χ4v) is 3.32. The first-order valence-corrected chi connectivity index (χ1v) is 9.69. The summed E-state index contributed by atoms with van der Waals surface area (Å²) < 4.78 is 0. The molecule has 0 atom stereocenters. The Morgan fingerprint density at radius 2 is 0.893 bits per heavy atom. The van der Waals surface area contributed by atoms with Crippen molar-refractivity contribution in [2.75, 3.05) is 0 Å². The Morgan fingerprint density at radius 3 is 1.21 bits per heavy atom. The van der Waals surface area contributed by atoms with Crippen LogP contribution in [0.4, 0.5) is 0 Å². The summed E-state index contributed by atoms with van der Waals surface area (Å²) in [5.74, 6) is -1.88. The second kappa shape index (κ2) is 8.93. The zero-order valence-corrected chi connectivity index (χ0v) is 15.9. The lowest BCUT2D eigenvalue weighted by molar-refractivity contribution is 0.0846. The van der Waals surface area contributed by atoms with Crippen LogP contribution in [0.2, 0.25) is 0 Å². The molecule has 8 nitrogen and oxygen atoms in total. The number of rotatable bonds is 4. The Bertz CT molecular complexity index is 902. The highest BCUT2D eigenvalue weighted by Crippen LogP contribution is 2.09. The lowest BCUT2D eigenvalue weighted by Gasteiger charge is -2.08. The fourth-order valence-electron chi connectivity index (χ4n) is 2.08. The van der Waals surface area contributed by atoms with Crippen molar-refractivity contribution in [2.45, 2.75) is 0 Å². The molecule has 0 saturated heterocycles. The lowest BCUT2D eigenvalue weighted by atomic mass is 10.1. The van der Waals surface area contributed by atoms with E-state index in [2.05, 4.69) is 21.7 Å². The monoisotopic (exact) mass is 414 g/mol. The minimum Gasteiger partial charge on any atom is -0.267 e. The molecule has 0 aliphatic rings. The van der Waals surface area contributed by atoms with Crippen LogP contribution in [0.15, 0.2) is 59.3 Å². The van der Waals surface area contributed by atoms with Crippen molar-refractivity contribution in [1.82, 2.24) is 21.7 Å². The maximum Gasteiger partial charge on any atom is 0.279 e. The predicted octanol–water partition coefficient (Wildman–Crippen LogP) is 1.96. The van der Waals surface area contributed by atoms with Gasteiger partial charge in [-0.3, -0.25) is 40.9 Å². The van der Waals surface area contributed by atoms with Crippen LogP contribution in [0, 0.1) is 0 Å². The normalized spacial score (nSPS) is 10.0. The van der Waals surface area contributed by atoms with Crippen LogP contribution in [0.1, 0.15) is 40.1 Å². The highest BCUT2D eigenvalue weighted by molar-refractivity contribution is 7.12. The number of thiophene rings is 2. The quantitative estimate of drug-likeness (QED) is 0.488. The molecule has 1 aromatic carbocycles. The molecule has 142 valence electrons. The third-order valence-electron chi connectivity index (χ3n) is 3.48. The largest absolute Gasteiger partial charge is 0.279 e. The van der Waals surface area contributed by atoms with Gasteiger partial charge < -0.3 is 0 Å². The molecule has 0 bridgehead atoms. The molecule has 0 fully saturated rings. The molecule has 0 spiro atoms. The molecular weight excluding hydrogens is 400 g/mol. The van der Waals surface area contributed by atoms with Gasteiger partial charge in [-0.05, 0) is 47.2 Å². The van der Waals surface area contributed by atoms with E-state index in [1.165, 1.54) is 46.9 Å². The Hall–Kier alpha value is -3.50. The van der Waals surface area contributed by atoms with Crippen LogP contribution in [0.25, 0.3) is 0 Å². The second-order valence-corrected chi connectivity index (χ2v) is 7.24. The number of amides is 4. The summed E-state index contributed by atoms with van der Waals surface area (Å²) in [6.45, 7) is 0. The van der Waals surface area contributed by atoms with E-state index in [1.54, 1.807) is 35.0 Å². The van der Waals surface area contributed by atoms with Crippen molar-refractivity contribution in [3.05, 3.63) is 80.2 Å². The van der Waals surface area contributed by atoms with Gasteiger partial charge in [0, 0.05) is 11.1 Å². The SMILES string of the molecule is O=C(NNC(=O)c1cccs1)c1ccc(C(=O)NNC(=O)c2cccs2)cc1. The topological polar surface area (TPSA) is 116 Å². The van der Waals surface area contributed by atoms with Crippen molar-refractivity contribution in [3.63, 3.8) is 0 Å². The summed E-state index contributed by atoms with van der Waals surface area (Å²) in [6.07, 6.45) is 0. The number of nitrogens with one attached hydrogen (secondary N) is 4. The summed E-state index contributed by atoms with van der Waals surface area (Å²) in [6, 6.07) is 12.5. The van der Waals surface area contributed by atoms with E-state index in [-0.39, 0.29) is 11.1 Å². The maximum atomic E-state index is 12.1. The van der Waals surface area contributed by atoms with E-state index in [0.29, 0.717) is 9.75 Å². The third kappa shape index (κ3) is 4.81. The molecule has 4 amide bonds. The molecule has 4 N–H and O–H groups in total. The van der Waals surface area contributed by atoms with Gasteiger partial charge in [0.1, 0.15) is 0 Å². The summed E-state index contributed by atoms with van der Waals surface area (Å²) in [5, 5.41) is 3.51. The molecule has 3 rings (SSSR count). The van der Waals surface area contributed by atoms with Gasteiger partial charge in [0.2, 0.25) is 0 Å². The van der Waals surface area contributed by atoms with Gasteiger partial charge in [0.15, 0.2) is 0 Å². The average Bonchev–Trinajstić information content (AvgIpc) is 3.44. The molecule has 0 unspecified atom stereocenters. The van der Waals surface area contributed by atoms with Gasteiger partial charge in [-0.1, -0.05) is 12.1 Å². The van der Waals surface area contributed by atoms with Gasteiger partial charge >= 0.3 is 0 Å². The maximum absolute atomic E-state index is 12.1. The number of hydrogen-bond donors (Lipinski definition) is 4. The van der Waals surface area contributed by atoms with Crippen molar-refractivity contribution >= 4 is 46.3 Å². The second-order valence-electron chi connectivity index (χ2n) is 5.35. The van der Waals surface area contributed by atoms with Crippen molar-refractivity contribution in [2.24, 2.45) is 0 Å². The van der Waals surface area contributed by atoms with E-state index >= 15 is 0 Å². The van der Waals surface area contributed by atoms with E-state index in [4.69, 9.17) is 0 Å². The van der Waals surface area contributed by atoms with E-state index in [9.17, 15) is 19.2 Å². The molecule has 2 aromatic heterocycles. The number of benzene rings is 1. The Kier molecular flexibility index (Phi) is 6.14. The first-order valence-electron chi connectivity index (χ1n) is 7.93. The van der Waals surface area contributed by atoms with Crippen LogP contribution >= 0.6 is 22.7 Å². The minimum absolute atomic E-state index is 0.255. The van der Waals surface area contributed by atoms with E-state index in [0.717, 1.165) is 0 Å². The molecule has 10 heteroatoms. The molecule has 28 heavy (non-hydrogen) atoms. The van der Waals surface area contributed by atoms with Crippen LogP contribution in [0.5, 0.6) is 0 Å². The van der Waals surface area contributed by atoms with Gasteiger partial charge in [-0.25, -0.2) is 0 Å². The van der Waals surface area contributed by atoms with Gasteiger partial charge in [-0.2, -0.15) is 0 Å². The first-order chi connectivity index (χ1) is 13.5. The van der Waals surface area contributed by atoms with Crippen LogP contribution in [0.3, 0.4) is 0 Å². The van der Waals surface area contributed by atoms with Crippen molar-refractivity contribution in [3.8, 4) is 0 Å². The molecular formula is C18H14N4O4S2. The Morgan fingerprint density at radius 1 is 0.536 bits per heavy atom. The summed E-state index contributed by atoms with van der Waals surface area (Å²) in [5.41, 5.74) is 9.74. The van der Waals surface area contributed by atoms with Crippen LogP contribution in [-0.4, -0.2) is 23.6 Å². The zero-order valence-electron chi connectivity index (χ0n) is 14.2. The highest BCUT2D eigenvalue weighted by atomic mass is 32.1. The Labute approximate surface area is 167 Å². The summed E-state index contributed by atoms with van der Waals surface area (Å²) in [4.78, 5) is 48.7. The number of hydrazine groups is 2. The standard InChI is InChI=1S/C18H14N4O4S2/c23-15(19-21-17(25)13-3-1-9-27-13)11-5-7-12(8-6-11)16(24)20-22-18(26)14-4-2-10-28-14/h1-10H,(H,19,23)(H,20,24)(H,21,25)(H,22,26). The Balaban J connectivity index is 1.50. The van der Waals surface area contributed by atoms with Crippen LogP contribution < -0.4 is 21.7 Å². The number of hydrogen-bond acceptors (Lipinski definition) is 6. The summed E-state index contributed by atoms with van der Waals surface area (Å²) >= 11 is 2.50. The smallest absolute Gasteiger partial charge is 0.267 e. The summed E-state index contributed by atoms with van der Waals surface area (Å²) in [7, 11) is 0. The van der Waals surface area contributed by atoms with Gasteiger partial charge in [0.05, 0.1) is 9.75 Å². The molecule has 0 radical (unpaired) electrons. The molecule has 0 saturated carbocycles. The van der Waals surface area contributed by atoms with Gasteiger partial charge in [-0.15, -0.1) is 22.7 Å². The van der Waals surface area contributed by atoms with E-state index < -0.39 is 23.6 Å². The highest BCUT2D eigenvalue weighted by Gasteiger charge is 2.12. The minimum atomic E-state index is -0.525. The third-order valence-corrected chi connectivity index (χ3v) is 5.22. The average molecular weight is 414 g/mol. The van der Waals surface area contributed by atoms with Crippen molar-refractivity contribution in [1.29, 1.82) is 0 Å². The van der Waals surface area contributed by atoms with Crippen LogP contribution in [-0.2, 0) is 0 Å².